The van der Waals surface area contributed by atoms with Gasteiger partial charge in [-0.25, -0.2) is 0 Å². The molecule has 1 N–H and O–H groups in total. The molecule has 1 amide bonds. The zero-order chi connectivity index (χ0) is 16.6. The van der Waals surface area contributed by atoms with E-state index >= 15 is 0 Å². The van der Waals surface area contributed by atoms with Gasteiger partial charge in [-0.05, 0) is 30.4 Å². The van der Waals surface area contributed by atoms with E-state index in [0.29, 0.717) is 18.0 Å². The van der Waals surface area contributed by atoms with E-state index in [1.165, 1.54) is 7.11 Å². The summed E-state index contributed by atoms with van der Waals surface area (Å²) >= 11 is 6.20. The third-order valence-electron chi connectivity index (χ3n) is 4.95. The fourth-order valence-corrected chi connectivity index (χ4v) is 3.79. The normalized spacial score (nSPS) is 29.6. The van der Waals surface area contributed by atoms with Crippen molar-refractivity contribution in [3.63, 3.8) is 0 Å². The van der Waals surface area contributed by atoms with Crippen LogP contribution < -0.4 is 0 Å². The Labute approximate surface area is 140 Å². The van der Waals surface area contributed by atoms with Gasteiger partial charge in [0.25, 0.3) is 0 Å². The Morgan fingerprint density at radius 1 is 1.43 bits per heavy atom. The van der Waals surface area contributed by atoms with Gasteiger partial charge in [-0.3, -0.25) is 9.59 Å². The molecule has 1 saturated carbocycles. The van der Waals surface area contributed by atoms with E-state index in [-0.39, 0.29) is 30.9 Å². The number of carboxylic acid groups (broad SMARTS) is 1. The lowest BCUT2D eigenvalue weighted by Gasteiger charge is -2.24. The summed E-state index contributed by atoms with van der Waals surface area (Å²) in [5.74, 6) is -0.789. The van der Waals surface area contributed by atoms with Crippen LogP contribution in [0.3, 0.4) is 0 Å². The van der Waals surface area contributed by atoms with Crippen LogP contribution in [0.2, 0.25) is 5.02 Å². The SMILES string of the molecule is COCC1(C(=O)O)CCN(C(=O)C2CC2c2ccccc2Cl)C1. The molecule has 1 aromatic carbocycles. The molecule has 0 bridgehead atoms. The largest absolute Gasteiger partial charge is 0.481 e. The van der Waals surface area contributed by atoms with Crippen LogP contribution in [0.1, 0.15) is 24.3 Å². The van der Waals surface area contributed by atoms with Gasteiger partial charge >= 0.3 is 5.97 Å². The summed E-state index contributed by atoms with van der Waals surface area (Å²) in [6.45, 7) is 0.825. The van der Waals surface area contributed by atoms with Gasteiger partial charge in [0.15, 0.2) is 0 Å². The molecule has 124 valence electrons. The predicted molar refractivity (Wildman–Crippen MR) is 85.4 cm³/mol. The number of ether oxygens (including phenoxy) is 1. The highest BCUT2D eigenvalue weighted by atomic mass is 35.5. The van der Waals surface area contributed by atoms with Crippen LogP contribution >= 0.6 is 11.6 Å². The highest BCUT2D eigenvalue weighted by molar-refractivity contribution is 6.31. The van der Waals surface area contributed by atoms with Crippen molar-refractivity contribution in [2.45, 2.75) is 18.8 Å². The van der Waals surface area contributed by atoms with E-state index in [2.05, 4.69) is 0 Å². The highest BCUT2D eigenvalue weighted by Crippen LogP contribution is 2.51. The van der Waals surface area contributed by atoms with Gasteiger partial charge in [-0.1, -0.05) is 29.8 Å². The summed E-state index contributed by atoms with van der Waals surface area (Å²) in [4.78, 5) is 25.9. The third kappa shape index (κ3) is 2.95. The number of carboxylic acids is 1. The van der Waals surface area contributed by atoms with E-state index in [1.807, 2.05) is 24.3 Å². The summed E-state index contributed by atoms with van der Waals surface area (Å²) in [5, 5.41) is 10.2. The van der Waals surface area contributed by atoms with Crippen LogP contribution in [0.4, 0.5) is 0 Å². The van der Waals surface area contributed by atoms with E-state index in [1.54, 1.807) is 4.90 Å². The molecule has 1 aliphatic carbocycles. The average Bonchev–Trinajstić information content (AvgIpc) is 3.19. The first-order valence-corrected chi connectivity index (χ1v) is 8.12. The molecule has 5 nitrogen and oxygen atoms in total. The van der Waals surface area contributed by atoms with Crippen LogP contribution in [-0.2, 0) is 14.3 Å². The number of methoxy groups -OCH3 is 1. The van der Waals surface area contributed by atoms with Crippen LogP contribution in [0.25, 0.3) is 0 Å². The van der Waals surface area contributed by atoms with Crippen LogP contribution in [0.15, 0.2) is 24.3 Å². The van der Waals surface area contributed by atoms with Crippen LogP contribution in [-0.4, -0.2) is 48.7 Å². The summed E-state index contributed by atoms with van der Waals surface area (Å²) in [6, 6.07) is 7.58. The van der Waals surface area contributed by atoms with Gasteiger partial charge < -0.3 is 14.7 Å². The number of carbonyl (C=O) groups is 2. The maximum absolute atomic E-state index is 12.7. The van der Waals surface area contributed by atoms with E-state index in [0.717, 1.165) is 12.0 Å². The topological polar surface area (TPSA) is 66.8 Å². The van der Waals surface area contributed by atoms with Crippen LogP contribution in [0, 0.1) is 11.3 Å². The fraction of sp³-hybridized carbons (Fsp3) is 0.529. The Balaban J connectivity index is 1.67. The van der Waals surface area contributed by atoms with E-state index in [9.17, 15) is 14.7 Å². The summed E-state index contributed by atoms with van der Waals surface area (Å²) in [6.07, 6.45) is 1.22. The van der Waals surface area contributed by atoms with Crippen molar-refractivity contribution < 1.29 is 19.4 Å². The fourth-order valence-electron chi connectivity index (χ4n) is 3.51. The second-order valence-electron chi connectivity index (χ2n) is 6.50. The second-order valence-corrected chi connectivity index (χ2v) is 6.91. The minimum Gasteiger partial charge on any atom is -0.481 e. The number of rotatable bonds is 5. The Kier molecular flexibility index (Phi) is 4.34. The van der Waals surface area contributed by atoms with E-state index in [4.69, 9.17) is 16.3 Å². The van der Waals surface area contributed by atoms with Crippen molar-refractivity contribution in [3.05, 3.63) is 34.9 Å². The minimum atomic E-state index is -0.973. The van der Waals surface area contributed by atoms with Crippen molar-refractivity contribution in [2.75, 3.05) is 26.8 Å². The lowest BCUT2D eigenvalue weighted by Crippen LogP contribution is -2.40. The average molecular weight is 338 g/mol. The number of benzene rings is 1. The predicted octanol–water partition coefficient (Wildman–Crippen LogP) is 2.39. The molecule has 3 rings (SSSR count). The molecule has 23 heavy (non-hydrogen) atoms. The zero-order valence-electron chi connectivity index (χ0n) is 13.0. The Hall–Kier alpha value is -1.59. The van der Waals surface area contributed by atoms with Crippen molar-refractivity contribution >= 4 is 23.5 Å². The standard InChI is InChI=1S/C17H20ClNO4/c1-23-10-17(16(21)22)6-7-19(9-17)15(20)13-8-12(13)11-4-2-3-5-14(11)18/h2-5,12-13H,6-10H2,1H3,(H,21,22). The molecule has 0 aromatic heterocycles. The zero-order valence-corrected chi connectivity index (χ0v) is 13.8. The molecule has 3 atom stereocenters. The Morgan fingerprint density at radius 2 is 2.17 bits per heavy atom. The lowest BCUT2D eigenvalue weighted by atomic mass is 9.88. The number of likely N-dealkylation sites (tertiary alicyclic amines) is 1. The first-order chi connectivity index (χ1) is 11.0. The van der Waals surface area contributed by atoms with Gasteiger partial charge in [-0.2, -0.15) is 0 Å². The molecule has 1 heterocycles. The first kappa shape index (κ1) is 16.3. The number of halogens is 1. The second kappa shape index (κ2) is 6.13. The summed E-state index contributed by atoms with van der Waals surface area (Å²) < 4.78 is 5.06. The molecular formula is C17H20ClNO4. The number of carbonyl (C=O) groups excluding carboxylic acids is 1. The van der Waals surface area contributed by atoms with Gasteiger partial charge in [0, 0.05) is 31.1 Å². The smallest absolute Gasteiger partial charge is 0.313 e. The first-order valence-electron chi connectivity index (χ1n) is 7.74. The van der Waals surface area contributed by atoms with Crippen molar-refractivity contribution in [3.8, 4) is 0 Å². The number of hydrogen-bond donors (Lipinski definition) is 1. The number of nitrogens with zero attached hydrogens (tertiary/aromatic N) is 1. The summed E-state index contributed by atoms with van der Waals surface area (Å²) in [5.41, 5.74) is 0.0345. The third-order valence-corrected chi connectivity index (χ3v) is 5.30. The molecule has 1 aliphatic heterocycles. The Morgan fingerprint density at radius 3 is 2.83 bits per heavy atom. The van der Waals surface area contributed by atoms with Gasteiger partial charge in [-0.15, -0.1) is 0 Å². The highest BCUT2D eigenvalue weighted by Gasteiger charge is 2.52. The molecule has 2 fully saturated rings. The maximum atomic E-state index is 12.7. The molecule has 1 aromatic rings. The van der Waals surface area contributed by atoms with Gasteiger partial charge in [0.1, 0.15) is 5.41 Å². The van der Waals surface area contributed by atoms with E-state index < -0.39 is 11.4 Å². The van der Waals surface area contributed by atoms with Gasteiger partial charge in [0.2, 0.25) is 5.91 Å². The monoisotopic (exact) mass is 337 g/mol. The van der Waals surface area contributed by atoms with Crippen molar-refractivity contribution in [1.29, 1.82) is 0 Å². The summed E-state index contributed by atoms with van der Waals surface area (Å²) in [7, 11) is 1.49. The Bertz CT molecular complexity index is 635. The molecule has 3 unspecified atom stereocenters. The lowest BCUT2D eigenvalue weighted by molar-refractivity contribution is -0.151. The molecular weight excluding hydrogens is 318 g/mol. The molecule has 1 saturated heterocycles. The van der Waals surface area contributed by atoms with Crippen LogP contribution in [0.5, 0.6) is 0 Å². The van der Waals surface area contributed by atoms with Crippen molar-refractivity contribution in [2.24, 2.45) is 11.3 Å². The van der Waals surface area contributed by atoms with Crippen molar-refractivity contribution in [1.82, 2.24) is 4.90 Å². The molecule has 0 radical (unpaired) electrons. The minimum absolute atomic E-state index is 0.0362. The number of aliphatic carboxylic acids is 1. The van der Waals surface area contributed by atoms with Gasteiger partial charge in [0.05, 0.1) is 6.61 Å². The maximum Gasteiger partial charge on any atom is 0.313 e. The molecule has 0 spiro atoms. The number of amides is 1. The molecule has 2 aliphatic rings. The molecule has 6 heteroatoms. The quantitative estimate of drug-likeness (QED) is 0.896. The number of hydrogen-bond acceptors (Lipinski definition) is 3.